The second-order valence-corrected chi connectivity index (χ2v) is 1.85. The monoisotopic (exact) mass is 109 g/mol. The van der Waals surface area contributed by atoms with Crippen LogP contribution in [-0.4, -0.2) is 31.1 Å². The molecule has 1 N–H and O–H groups in total. The predicted octanol–water partition coefficient (Wildman–Crippen LogP) is -0.561. The molecule has 0 amide bonds. The molecule has 2 nitrogen and oxygen atoms in total. The highest BCUT2D eigenvalue weighted by Crippen LogP contribution is 1.86. The van der Waals surface area contributed by atoms with Crippen molar-refractivity contribution in [2.75, 3.05) is 26.2 Å². The van der Waals surface area contributed by atoms with Crippen molar-refractivity contribution in [2.24, 2.45) is 0 Å². The van der Waals surface area contributed by atoms with Crippen LogP contribution in [0.25, 0.3) is 0 Å². The topological polar surface area (TPSA) is 15.3 Å². The van der Waals surface area contributed by atoms with E-state index >= 15 is 0 Å². The number of hydrogen-bond acceptors (Lipinski definition) is 2. The van der Waals surface area contributed by atoms with Crippen molar-refractivity contribution < 1.29 is 0 Å². The van der Waals surface area contributed by atoms with Gasteiger partial charge in [-0.05, 0) is 0 Å². The van der Waals surface area contributed by atoms with Crippen LogP contribution in [0.15, 0.2) is 0 Å². The molecule has 0 aromatic heterocycles. The molecule has 0 aliphatic carbocycles. The van der Waals surface area contributed by atoms with Crippen LogP contribution in [0, 0.1) is 12.5 Å². The van der Waals surface area contributed by atoms with Crippen molar-refractivity contribution >= 4 is 0 Å². The lowest BCUT2D eigenvalue weighted by atomic mass is 10.4. The summed E-state index contributed by atoms with van der Waals surface area (Å²) in [5.41, 5.74) is 0. The van der Waals surface area contributed by atoms with Gasteiger partial charge in [-0.2, -0.15) is 0 Å². The van der Waals surface area contributed by atoms with E-state index in [9.17, 15) is 0 Å². The van der Waals surface area contributed by atoms with Crippen LogP contribution in [0.3, 0.4) is 0 Å². The molecule has 1 heterocycles. The van der Waals surface area contributed by atoms with E-state index < -0.39 is 0 Å². The smallest absolute Gasteiger partial charge is 0.0386 e. The molecule has 0 atom stereocenters. The maximum atomic E-state index is 6.75. The summed E-state index contributed by atoms with van der Waals surface area (Å²) in [6.45, 7) is 3.85. The van der Waals surface area contributed by atoms with Gasteiger partial charge >= 0.3 is 0 Å². The van der Waals surface area contributed by atoms with E-state index in [0.29, 0.717) is 0 Å². The standard InChI is InChI=1S/C6H9N2/c1-2-8-5-3-7-4-6-8/h7H,3-6H2. The van der Waals surface area contributed by atoms with Crippen LogP contribution in [0.1, 0.15) is 0 Å². The van der Waals surface area contributed by atoms with Gasteiger partial charge in [0.2, 0.25) is 0 Å². The molecule has 0 spiro atoms. The van der Waals surface area contributed by atoms with Gasteiger partial charge in [0.1, 0.15) is 0 Å². The lowest BCUT2D eigenvalue weighted by Crippen LogP contribution is -2.40. The average molecular weight is 109 g/mol. The molecule has 0 bridgehead atoms. The molecule has 8 heavy (non-hydrogen) atoms. The van der Waals surface area contributed by atoms with Crippen LogP contribution in [0.4, 0.5) is 0 Å². The van der Waals surface area contributed by atoms with Crippen LogP contribution in [0.2, 0.25) is 0 Å². The zero-order chi connectivity index (χ0) is 5.82. The van der Waals surface area contributed by atoms with Gasteiger partial charge in [-0.3, -0.25) is 0 Å². The Bertz CT molecular complexity index is 97.6. The molecule has 0 saturated carbocycles. The van der Waals surface area contributed by atoms with Gasteiger partial charge in [-0.1, -0.05) is 0 Å². The fourth-order valence-corrected chi connectivity index (χ4v) is 0.777. The second-order valence-electron chi connectivity index (χ2n) is 1.85. The van der Waals surface area contributed by atoms with Crippen LogP contribution < -0.4 is 5.32 Å². The summed E-state index contributed by atoms with van der Waals surface area (Å²) in [6.07, 6.45) is 6.75. The fraction of sp³-hybridized carbons (Fsp3) is 0.667. The molecule has 1 saturated heterocycles. The Hall–Kier alpha value is -0.680. The SMILES string of the molecule is [C]#CN1CCNCC1. The molecule has 0 unspecified atom stereocenters. The summed E-state index contributed by atoms with van der Waals surface area (Å²) in [6, 6.07) is 2.35. The minimum absolute atomic E-state index is 0.934. The number of nitrogens with zero attached hydrogens (tertiary/aromatic N) is 1. The first kappa shape index (κ1) is 5.46. The lowest BCUT2D eigenvalue weighted by Gasteiger charge is -2.22. The molecule has 1 aliphatic heterocycles. The largest absolute Gasteiger partial charge is 0.329 e. The summed E-state index contributed by atoms with van der Waals surface area (Å²) < 4.78 is 0. The molecule has 43 valence electrons. The Kier molecular flexibility index (Phi) is 1.76. The molecule has 0 aromatic carbocycles. The Balaban J connectivity index is 2.25. The highest BCUT2D eigenvalue weighted by Gasteiger charge is 2.02. The normalized spacial score (nSPS) is 20.1. The first-order valence-electron chi connectivity index (χ1n) is 2.81. The maximum absolute atomic E-state index is 6.75. The van der Waals surface area contributed by atoms with Crippen molar-refractivity contribution in [1.82, 2.24) is 10.2 Å². The number of rotatable bonds is 0. The number of piperazine rings is 1. The second kappa shape index (κ2) is 2.58. The Labute approximate surface area is 49.9 Å². The van der Waals surface area contributed by atoms with E-state index in [4.69, 9.17) is 6.42 Å². The van der Waals surface area contributed by atoms with Crippen LogP contribution in [0.5, 0.6) is 0 Å². The molecule has 0 aromatic rings. The van der Waals surface area contributed by atoms with Gasteiger partial charge in [-0.15, -0.1) is 0 Å². The minimum Gasteiger partial charge on any atom is -0.329 e. The quantitative estimate of drug-likeness (QED) is 0.419. The summed E-state index contributed by atoms with van der Waals surface area (Å²) >= 11 is 0. The van der Waals surface area contributed by atoms with Gasteiger partial charge in [0.15, 0.2) is 0 Å². The van der Waals surface area contributed by atoms with E-state index in [1.54, 1.807) is 0 Å². The summed E-state index contributed by atoms with van der Waals surface area (Å²) in [5.74, 6) is 0. The van der Waals surface area contributed by atoms with E-state index in [1.807, 2.05) is 4.90 Å². The lowest BCUT2D eigenvalue weighted by molar-refractivity contribution is 0.341. The Morgan fingerprint density at radius 2 is 2.00 bits per heavy atom. The summed E-state index contributed by atoms with van der Waals surface area (Å²) in [5, 5.41) is 3.18. The van der Waals surface area contributed by atoms with E-state index in [2.05, 4.69) is 11.4 Å². The molecule has 1 radical (unpaired) electrons. The first-order chi connectivity index (χ1) is 3.93. The van der Waals surface area contributed by atoms with Gasteiger partial charge < -0.3 is 10.2 Å². The van der Waals surface area contributed by atoms with Crippen molar-refractivity contribution in [1.29, 1.82) is 0 Å². The predicted molar refractivity (Wildman–Crippen MR) is 31.6 cm³/mol. The molecular formula is C6H9N2. The fourth-order valence-electron chi connectivity index (χ4n) is 0.777. The number of nitrogens with one attached hydrogen (secondary N) is 1. The highest BCUT2D eigenvalue weighted by molar-refractivity contribution is 4.81. The Morgan fingerprint density at radius 3 is 2.38 bits per heavy atom. The summed E-state index contributed by atoms with van der Waals surface area (Å²) in [7, 11) is 0. The molecule has 1 rings (SSSR count). The zero-order valence-corrected chi connectivity index (χ0v) is 4.78. The number of hydrogen-bond donors (Lipinski definition) is 1. The van der Waals surface area contributed by atoms with Gasteiger partial charge in [0.05, 0.1) is 0 Å². The van der Waals surface area contributed by atoms with Crippen molar-refractivity contribution in [2.45, 2.75) is 0 Å². The third-order valence-corrected chi connectivity index (χ3v) is 1.28. The van der Waals surface area contributed by atoms with Crippen molar-refractivity contribution in [3.63, 3.8) is 0 Å². The summed E-state index contributed by atoms with van der Waals surface area (Å²) in [4.78, 5) is 1.87. The third-order valence-electron chi connectivity index (χ3n) is 1.28. The van der Waals surface area contributed by atoms with Crippen LogP contribution in [-0.2, 0) is 0 Å². The van der Waals surface area contributed by atoms with Gasteiger partial charge in [-0.25, -0.2) is 0 Å². The van der Waals surface area contributed by atoms with E-state index in [-0.39, 0.29) is 0 Å². The molecule has 2 heteroatoms. The molecule has 1 aliphatic rings. The van der Waals surface area contributed by atoms with E-state index in [1.165, 1.54) is 0 Å². The Morgan fingerprint density at radius 1 is 1.38 bits per heavy atom. The maximum Gasteiger partial charge on any atom is 0.0386 e. The minimum atomic E-state index is 0.934. The van der Waals surface area contributed by atoms with Gasteiger partial charge in [0, 0.05) is 38.6 Å². The van der Waals surface area contributed by atoms with Crippen molar-refractivity contribution in [3.8, 4) is 6.04 Å². The first-order valence-corrected chi connectivity index (χ1v) is 2.81. The molecule has 1 fully saturated rings. The molecular weight excluding hydrogens is 100 g/mol. The highest BCUT2D eigenvalue weighted by atomic mass is 15.2. The van der Waals surface area contributed by atoms with Crippen LogP contribution >= 0.6 is 0 Å². The zero-order valence-electron chi connectivity index (χ0n) is 4.78. The average Bonchev–Trinajstić information content (AvgIpc) is 1.90. The van der Waals surface area contributed by atoms with Gasteiger partial charge in [0.25, 0.3) is 0 Å². The third kappa shape index (κ3) is 1.14. The van der Waals surface area contributed by atoms with E-state index in [0.717, 1.165) is 26.2 Å². The van der Waals surface area contributed by atoms with Crippen molar-refractivity contribution in [3.05, 3.63) is 6.42 Å².